The van der Waals surface area contributed by atoms with Crippen LogP contribution in [0.1, 0.15) is 52.4 Å². The van der Waals surface area contributed by atoms with Crippen LogP contribution in [0.2, 0.25) is 0 Å². The van der Waals surface area contributed by atoms with Gasteiger partial charge in [0.15, 0.2) is 0 Å². The summed E-state index contributed by atoms with van der Waals surface area (Å²) in [6, 6.07) is 0. The van der Waals surface area contributed by atoms with Crippen molar-refractivity contribution in [2.45, 2.75) is 88.3 Å². The molecule has 0 amide bonds. The van der Waals surface area contributed by atoms with Crippen LogP contribution >= 0.6 is 0 Å². The van der Waals surface area contributed by atoms with E-state index in [-0.39, 0.29) is 12.8 Å². The molecule has 24 heteroatoms. The first-order valence-electron chi connectivity index (χ1n) is 13.7. The summed E-state index contributed by atoms with van der Waals surface area (Å²) in [7, 11) is -12.4. The molecule has 10 nitrogen and oxygen atoms in total. The van der Waals surface area contributed by atoms with Crippen molar-refractivity contribution in [2.24, 2.45) is 34.5 Å². The predicted molar refractivity (Wildman–Crippen MR) is 133 cm³/mol. The van der Waals surface area contributed by atoms with Crippen molar-refractivity contribution in [3.8, 4) is 0 Å². The van der Waals surface area contributed by atoms with E-state index in [1.54, 1.807) is 0 Å². The van der Waals surface area contributed by atoms with Crippen molar-refractivity contribution < 1.29 is 97.7 Å². The Bertz CT molecular complexity index is 1450. The third-order valence-electron chi connectivity index (χ3n) is 9.35. The third-order valence-corrected chi connectivity index (χ3v) is 10.9. The molecule has 0 spiro atoms. The standard InChI is InChI=1S/C24H28F12O10S2/c1-17(2,15(37)45-19(21(25,26)27,22(28,29)30)9-47(39,40)41)8-14-13-4-11-3-12(5-13)7-18(14,6-11)16(38)46-20(23(31,32)33,24(34,35)36)10-48(42,43)44/h11-14H,3-10H2,1-2H3,(H,39,40,41)(H,42,43,44). The van der Waals surface area contributed by atoms with Gasteiger partial charge in [0.2, 0.25) is 0 Å². The van der Waals surface area contributed by atoms with Gasteiger partial charge >= 0.3 is 47.8 Å². The molecule has 4 bridgehead atoms. The minimum atomic E-state index is -6.72. The van der Waals surface area contributed by atoms with E-state index in [1.807, 2.05) is 0 Å². The van der Waals surface area contributed by atoms with Gasteiger partial charge in [0.1, 0.15) is 11.5 Å². The summed E-state index contributed by atoms with van der Waals surface area (Å²) >= 11 is 0. The fraction of sp³-hybridized carbons (Fsp3) is 0.917. The number of hydrogen-bond donors (Lipinski definition) is 2. The molecule has 4 aliphatic carbocycles. The molecule has 4 aliphatic rings. The monoisotopic (exact) mass is 768 g/mol. The van der Waals surface area contributed by atoms with Gasteiger partial charge in [-0.2, -0.15) is 69.5 Å². The summed E-state index contributed by atoms with van der Waals surface area (Å²) in [5.74, 6) is -14.7. The van der Waals surface area contributed by atoms with Crippen molar-refractivity contribution in [1.29, 1.82) is 0 Å². The first-order valence-corrected chi connectivity index (χ1v) is 16.9. The highest BCUT2D eigenvalue weighted by molar-refractivity contribution is 7.86. The average Bonchev–Trinajstić information content (AvgIpc) is 2.80. The van der Waals surface area contributed by atoms with Gasteiger partial charge in [-0.05, 0) is 76.0 Å². The molecule has 0 heterocycles. The summed E-state index contributed by atoms with van der Waals surface area (Å²) in [5, 5.41) is 0. The van der Waals surface area contributed by atoms with Crippen molar-refractivity contribution in [1.82, 2.24) is 0 Å². The zero-order chi connectivity index (χ0) is 37.5. The average molecular weight is 769 g/mol. The van der Waals surface area contributed by atoms with Crippen molar-refractivity contribution in [3.05, 3.63) is 0 Å². The van der Waals surface area contributed by atoms with E-state index in [1.165, 1.54) is 0 Å². The van der Waals surface area contributed by atoms with Gasteiger partial charge in [-0.25, -0.2) is 0 Å². The molecule has 0 aliphatic heterocycles. The highest BCUT2D eigenvalue weighted by atomic mass is 32.2. The van der Waals surface area contributed by atoms with Gasteiger partial charge in [0, 0.05) is 0 Å². The summed E-state index contributed by atoms with van der Waals surface area (Å²) in [6.07, 6.45) is -28.3. The second kappa shape index (κ2) is 11.7. The molecule has 2 N–H and O–H groups in total. The van der Waals surface area contributed by atoms with E-state index in [9.17, 15) is 79.1 Å². The fourth-order valence-electron chi connectivity index (χ4n) is 7.47. The van der Waals surface area contributed by atoms with Crippen molar-refractivity contribution in [2.75, 3.05) is 11.5 Å². The highest BCUT2D eigenvalue weighted by Gasteiger charge is 2.78. The number of alkyl halides is 12. The predicted octanol–water partition coefficient (Wildman–Crippen LogP) is 5.43. The first-order chi connectivity index (χ1) is 21.0. The Labute approximate surface area is 264 Å². The Morgan fingerprint density at radius 3 is 1.35 bits per heavy atom. The Balaban J connectivity index is 2.10. The van der Waals surface area contributed by atoms with E-state index < -0.39 is 133 Å². The molecule has 0 aromatic heterocycles. The summed E-state index contributed by atoms with van der Waals surface area (Å²) in [5.41, 5.74) is -16.7. The maximum atomic E-state index is 14.0. The fourth-order valence-corrected chi connectivity index (χ4v) is 9.27. The number of carbonyl (C=O) groups is 2. The normalized spacial score (nSPS) is 27.6. The topological polar surface area (TPSA) is 161 Å². The van der Waals surface area contributed by atoms with E-state index in [0.717, 1.165) is 0 Å². The molecule has 0 aromatic rings. The lowest BCUT2D eigenvalue weighted by Gasteiger charge is -2.61. The van der Waals surface area contributed by atoms with E-state index in [0.29, 0.717) is 20.3 Å². The number of carbonyl (C=O) groups excluding carboxylic acids is 2. The highest BCUT2D eigenvalue weighted by Crippen LogP contribution is 2.66. The molecule has 3 atom stereocenters. The molecule has 4 saturated carbocycles. The van der Waals surface area contributed by atoms with Gasteiger partial charge in [0.05, 0.1) is 10.8 Å². The van der Waals surface area contributed by atoms with Crippen molar-refractivity contribution in [3.63, 3.8) is 0 Å². The lowest BCUT2D eigenvalue weighted by molar-refractivity contribution is -0.365. The van der Waals surface area contributed by atoms with Crippen LogP contribution in [0.25, 0.3) is 0 Å². The molecule has 4 fully saturated rings. The van der Waals surface area contributed by atoms with E-state index in [2.05, 4.69) is 9.47 Å². The Morgan fingerprint density at radius 2 is 1.02 bits per heavy atom. The van der Waals surface area contributed by atoms with Crippen molar-refractivity contribution >= 4 is 32.2 Å². The Morgan fingerprint density at radius 1 is 0.667 bits per heavy atom. The lowest BCUT2D eigenvalue weighted by atomic mass is 9.43. The van der Waals surface area contributed by atoms with E-state index in [4.69, 9.17) is 9.11 Å². The summed E-state index contributed by atoms with van der Waals surface area (Å²) in [6.45, 7) is 1.33. The van der Waals surface area contributed by atoms with Crippen LogP contribution in [0.4, 0.5) is 52.7 Å². The van der Waals surface area contributed by atoms with Crippen LogP contribution in [0.3, 0.4) is 0 Å². The maximum absolute atomic E-state index is 14.0. The maximum Gasteiger partial charge on any atom is 0.438 e. The number of esters is 2. The van der Waals surface area contributed by atoms with E-state index >= 15 is 0 Å². The summed E-state index contributed by atoms with van der Waals surface area (Å²) < 4.78 is 238. The second-order valence-electron chi connectivity index (χ2n) is 13.3. The zero-order valence-electron chi connectivity index (χ0n) is 24.5. The number of hydrogen-bond acceptors (Lipinski definition) is 8. The Kier molecular flexibility index (Phi) is 9.87. The van der Waals surface area contributed by atoms with Gasteiger partial charge in [-0.3, -0.25) is 18.7 Å². The largest absolute Gasteiger partial charge is 0.438 e. The number of halogens is 12. The van der Waals surface area contributed by atoms with Crippen LogP contribution in [0.5, 0.6) is 0 Å². The van der Waals surface area contributed by atoms with Crippen LogP contribution in [-0.4, -0.2) is 85.3 Å². The van der Waals surface area contributed by atoms with Crippen LogP contribution < -0.4 is 0 Å². The van der Waals surface area contributed by atoms with Gasteiger partial charge in [0.25, 0.3) is 20.2 Å². The van der Waals surface area contributed by atoms with Gasteiger partial charge in [-0.15, -0.1) is 0 Å². The molecule has 0 radical (unpaired) electrons. The molecule has 48 heavy (non-hydrogen) atoms. The SMILES string of the molecule is CC(C)(CC1C2CC3CC(C2)CC1(C(=O)OC(CS(=O)(=O)O)(C(F)(F)F)C(F)(F)F)C3)C(=O)OC(CS(=O)(=O)O)(C(F)(F)F)C(F)(F)F. The number of ether oxygens (including phenoxy) is 2. The quantitative estimate of drug-likeness (QED) is 0.167. The van der Waals surface area contributed by atoms with Gasteiger partial charge < -0.3 is 9.47 Å². The first kappa shape index (κ1) is 40.4. The van der Waals surface area contributed by atoms with Gasteiger partial charge in [-0.1, -0.05) is 0 Å². The molecule has 0 saturated heterocycles. The smallest absolute Gasteiger partial charge is 0.438 e. The lowest BCUT2D eigenvalue weighted by Crippen LogP contribution is -2.66. The minimum absolute atomic E-state index is 0.119. The second-order valence-corrected chi connectivity index (χ2v) is 16.2. The van der Waals surface area contributed by atoms with Crippen LogP contribution in [0.15, 0.2) is 0 Å². The van der Waals surface area contributed by atoms with Crippen LogP contribution in [-0.2, 0) is 39.3 Å². The molecule has 4 rings (SSSR count). The Hall–Kier alpha value is -2.08. The third kappa shape index (κ3) is 7.35. The molecule has 280 valence electrons. The molecular formula is C24H28F12O10S2. The number of rotatable bonds is 10. The summed E-state index contributed by atoms with van der Waals surface area (Å²) in [4.78, 5) is 26.6. The molecule has 3 unspecified atom stereocenters. The molecule has 0 aromatic carbocycles. The van der Waals surface area contributed by atoms with Crippen LogP contribution in [0, 0.1) is 34.5 Å². The minimum Gasteiger partial charge on any atom is -0.438 e. The zero-order valence-corrected chi connectivity index (χ0v) is 26.1. The molecular weight excluding hydrogens is 740 g/mol.